The first kappa shape index (κ1) is 14.5. The molecule has 0 aromatic heterocycles. The molecule has 1 N–H and O–H groups in total. The number of halogens is 1. The van der Waals surface area contributed by atoms with E-state index in [0.29, 0.717) is 12.5 Å². The second-order valence-corrected chi connectivity index (χ2v) is 5.32. The zero-order chi connectivity index (χ0) is 13.8. The highest BCUT2D eigenvalue weighted by Crippen LogP contribution is 2.40. The molecular weight excluding hydrogens is 241 g/mol. The normalized spacial score (nSPS) is 18.3. The fraction of sp³-hybridized carbons (Fsp3) is 0.625. The number of hydrogen-bond donors (Lipinski definition) is 1. The molecule has 106 valence electrons. The van der Waals surface area contributed by atoms with Gasteiger partial charge in [-0.05, 0) is 45.2 Å². The lowest BCUT2D eigenvalue weighted by atomic mass is 9.96. The second kappa shape index (κ2) is 6.49. The van der Waals surface area contributed by atoms with Gasteiger partial charge >= 0.3 is 0 Å². The lowest BCUT2D eigenvalue weighted by Crippen LogP contribution is -2.36. The van der Waals surface area contributed by atoms with Gasteiger partial charge in [0.1, 0.15) is 5.82 Å². The fourth-order valence-corrected chi connectivity index (χ4v) is 2.65. The first-order valence-electron chi connectivity index (χ1n) is 7.28. The molecule has 1 fully saturated rings. The third-order valence-corrected chi connectivity index (χ3v) is 3.68. The van der Waals surface area contributed by atoms with Crippen molar-refractivity contribution >= 4 is 0 Å². The Morgan fingerprint density at radius 2 is 2.11 bits per heavy atom. The summed E-state index contributed by atoms with van der Waals surface area (Å²) in [5.74, 6) is 0.436. The van der Waals surface area contributed by atoms with Crippen molar-refractivity contribution in [2.45, 2.75) is 45.8 Å². The molecule has 0 radical (unpaired) electrons. The maximum atomic E-state index is 14.1. The molecule has 2 nitrogen and oxygen atoms in total. The quantitative estimate of drug-likeness (QED) is 0.813. The van der Waals surface area contributed by atoms with Gasteiger partial charge in [0.15, 0.2) is 0 Å². The number of rotatable bonds is 7. The molecule has 1 aromatic carbocycles. The Labute approximate surface area is 115 Å². The molecule has 19 heavy (non-hydrogen) atoms. The molecule has 0 saturated heterocycles. The topological polar surface area (TPSA) is 21.3 Å². The van der Waals surface area contributed by atoms with E-state index in [1.807, 2.05) is 26.0 Å². The lowest BCUT2D eigenvalue weighted by Gasteiger charge is -2.28. The average molecular weight is 265 g/mol. The van der Waals surface area contributed by atoms with E-state index in [-0.39, 0.29) is 18.0 Å². The molecule has 0 spiro atoms. The molecule has 1 saturated carbocycles. The Morgan fingerprint density at radius 3 is 2.68 bits per heavy atom. The van der Waals surface area contributed by atoms with Crippen molar-refractivity contribution in [3.63, 3.8) is 0 Å². The van der Waals surface area contributed by atoms with Crippen LogP contribution in [0.4, 0.5) is 4.39 Å². The zero-order valence-corrected chi connectivity index (χ0v) is 12.1. The highest BCUT2D eigenvalue weighted by molar-refractivity contribution is 5.28. The SMILES string of the molecule is CCNC(c1cc(C)ccc1F)C(OCC)C1CC1. The summed E-state index contributed by atoms with van der Waals surface area (Å²) in [6.45, 7) is 7.55. The van der Waals surface area contributed by atoms with Crippen LogP contribution in [0.3, 0.4) is 0 Å². The third kappa shape index (κ3) is 3.54. The molecular formula is C16H24FNO. The van der Waals surface area contributed by atoms with Crippen molar-refractivity contribution in [1.82, 2.24) is 5.32 Å². The van der Waals surface area contributed by atoms with Gasteiger partial charge in [-0.15, -0.1) is 0 Å². The van der Waals surface area contributed by atoms with Crippen LogP contribution in [0.1, 0.15) is 43.9 Å². The van der Waals surface area contributed by atoms with E-state index in [0.717, 1.165) is 17.7 Å². The van der Waals surface area contributed by atoms with Gasteiger partial charge in [-0.3, -0.25) is 0 Å². The van der Waals surface area contributed by atoms with E-state index in [2.05, 4.69) is 12.2 Å². The number of benzene rings is 1. The van der Waals surface area contributed by atoms with Crippen LogP contribution < -0.4 is 5.32 Å². The minimum absolute atomic E-state index is 0.0441. The van der Waals surface area contributed by atoms with Crippen molar-refractivity contribution in [1.29, 1.82) is 0 Å². The van der Waals surface area contributed by atoms with Crippen LogP contribution >= 0.6 is 0 Å². The van der Waals surface area contributed by atoms with Crippen molar-refractivity contribution in [2.75, 3.05) is 13.2 Å². The molecule has 0 aliphatic heterocycles. The molecule has 1 aliphatic rings. The van der Waals surface area contributed by atoms with Crippen LogP contribution in [0.2, 0.25) is 0 Å². The third-order valence-electron chi connectivity index (χ3n) is 3.68. The molecule has 3 heteroatoms. The van der Waals surface area contributed by atoms with E-state index in [1.165, 1.54) is 12.8 Å². The van der Waals surface area contributed by atoms with Gasteiger partial charge in [-0.1, -0.05) is 24.6 Å². The van der Waals surface area contributed by atoms with E-state index >= 15 is 0 Å². The molecule has 0 heterocycles. The predicted octanol–water partition coefficient (Wildman–Crippen LogP) is 3.60. The smallest absolute Gasteiger partial charge is 0.128 e. The Morgan fingerprint density at radius 1 is 1.37 bits per heavy atom. The van der Waals surface area contributed by atoms with Crippen molar-refractivity contribution in [3.8, 4) is 0 Å². The van der Waals surface area contributed by atoms with Crippen LogP contribution in [0, 0.1) is 18.7 Å². The van der Waals surface area contributed by atoms with Crippen LogP contribution in [0.5, 0.6) is 0 Å². The standard InChI is InChI=1S/C16H24FNO/c1-4-18-15(16(19-5-2)12-7-8-12)13-10-11(3)6-9-14(13)17/h6,9-10,12,15-16,18H,4-5,7-8H2,1-3H3. The maximum Gasteiger partial charge on any atom is 0.128 e. The molecule has 2 rings (SSSR count). The van der Waals surface area contributed by atoms with Gasteiger partial charge < -0.3 is 10.1 Å². The van der Waals surface area contributed by atoms with Crippen LogP contribution in [-0.2, 0) is 4.74 Å². The Balaban J connectivity index is 2.28. The summed E-state index contributed by atoms with van der Waals surface area (Å²) in [5.41, 5.74) is 1.83. The van der Waals surface area contributed by atoms with Crippen LogP contribution in [-0.4, -0.2) is 19.3 Å². The molecule has 0 amide bonds. The number of nitrogens with one attached hydrogen (secondary N) is 1. The van der Waals surface area contributed by atoms with Crippen molar-refractivity contribution in [3.05, 3.63) is 35.1 Å². The summed E-state index contributed by atoms with van der Waals surface area (Å²) >= 11 is 0. The van der Waals surface area contributed by atoms with Gasteiger partial charge in [0.25, 0.3) is 0 Å². The van der Waals surface area contributed by atoms with Crippen LogP contribution in [0.15, 0.2) is 18.2 Å². The number of aryl methyl sites for hydroxylation is 1. The first-order chi connectivity index (χ1) is 9.17. The van der Waals surface area contributed by atoms with E-state index in [4.69, 9.17) is 4.74 Å². The largest absolute Gasteiger partial charge is 0.376 e. The molecule has 0 bridgehead atoms. The monoisotopic (exact) mass is 265 g/mol. The Hall–Kier alpha value is -0.930. The lowest BCUT2D eigenvalue weighted by molar-refractivity contribution is 0.0181. The van der Waals surface area contributed by atoms with Crippen molar-refractivity contribution in [2.24, 2.45) is 5.92 Å². The molecule has 2 atom stereocenters. The molecule has 2 unspecified atom stereocenters. The minimum atomic E-state index is -0.137. The number of likely N-dealkylation sites (N-methyl/N-ethyl adjacent to an activating group) is 1. The second-order valence-electron chi connectivity index (χ2n) is 5.32. The minimum Gasteiger partial charge on any atom is -0.376 e. The predicted molar refractivity (Wildman–Crippen MR) is 75.7 cm³/mol. The maximum absolute atomic E-state index is 14.1. The van der Waals surface area contributed by atoms with E-state index in [1.54, 1.807) is 6.07 Å². The Kier molecular flexibility index (Phi) is 4.94. The van der Waals surface area contributed by atoms with Gasteiger partial charge in [0.2, 0.25) is 0 Å². The van der Waals surface area contributed by atoms with Gasteiger partial charge in [0, 0.05) is 12.2 Å². The summed E-state index contributed by atoms with van der Waals surface area (Å²) < 4.78 is 20.0. The number of hydrogen-bond acceptors (Lipinski definition) is 2. The van der Waals surface area contributed by atoms with Gasteiger partial charge in [-0.2, -0.15) is 0 Å². The summed E-state index contributed by atoms with van der Waals surface area (Å²) in [6, 6.07) is 5.27. The highest BCUT2D eigenvalue weighted by Gasteiger charge is 2.38. The van der Waals surface area contributed by atoms with Gasteiger partial charge in [-0.25, -0.2) is 4.39 Å². The van der Waals surface area contributed by atoms with Crippen LogP contribution in [0.25, 0.3) is 0 Å². The molecule has 1 aromatic rings. The number of ether oxygens (including phenoxy) is 1. The Bertz CT molecular complexity index is 417. The van der Waals surface area contributed by atoms with Crippen molar-refractivity contribution < 1.29 is 9.13 Å². The highest BCUT2D eigenvalue weighted by atomic mass is 19.1. The molecule has 1 aliphatic carbocycles. The van der Waals surface area contributed by atoms with E-state index in [9.17, 15) is 4.39 Å². The summed E-state index contributed by atoms with van der Waals surface area (Å²) in [7, 11) is 0. The average Bonchev–Trinajstić information content (AvgIpc) is 3.21. The van der Waals surface area contributed by atoms with Gasteiger partial charge in [0.05, 0.1) is 12.1 Å². The fourth-order valence-electron chi connectivity index (χ4n) is 2.65. The zero-order valence-electron chi connectivity index (χ0n) is 12.1. The summed E-state index contributed by atoms with van der Waals surface area (Å²) in [6.07, 6.45) is 2.47. The first-order valence-corrected chi connectivity index (χ1v) is 7.28. The summed E-state index contributed by atoms with van der Waals surface area (Å²) in [5, 5.41) is 3.41. The van der Waals surface area contributed by atoms with E-state index < -0.39 is 0 Å². The summed E-state index contributed by atoms with van der Waals surface area (Å²) in [4.78, 5) is 0.